The van der Waals surface area contributed by atoms with Crippen LogP contribution in [0.2, 0.25) is 0 Å². The van der Waals surface area contributed by atoms with Crippen LogP contribution in [-0.2, 0) is 6.42 Å². The van der Waals surface area contributed by atoms with Crippen molar-refractivity contribution in [2.45, 2.75) is 32.4 Å². The highest BCUT2D eigenvalue weighted by Crippen LogP contribution is 2.18. The molecule has 3 nitrogen and oxygen atoms in total. The summed E-state index contributed by atoms with van der Waals surface area (Å²) in [5.74, 6) is 0.308. The number of phenols is 1. The third kappa shape index (κ3) is 3.88. The van der Waals surface area contributed by atoms with Crippen molar-refractivity contribution in [2.24, 2.45) is 0 Å². The summed E-state index contributed by atoms with van der Waals surface area (Å²) >= 11 is 0. The van der Waals surface area contributed by atoms with E-state index in [2.05, 4.69) is 37.4 Å². The van der Waals surface area contributed by atoms with Crippen LogP contribution in [0.1, 0.15) is 31.1 Å². The second-order valence-electron chi connectivity index (χ2n) is 6.09. The quantitative estimate of drug-likeness (QED) is 0.742. The second-order valence-corrected chi connectivity index (χ2v) is 6.09. The number of aromatic hydroxyl groups is 1. The van der Waals surface area contributed by atoms with Gasteiger partial charge in [-0.15, -0.1) is 0 Å². The maximum Gasteiger partial charge on any atom is 0.115 e. The molecule has 3 rings (SSSR count). The number of hydrogen-bond acceptors (Lipinski definition) is 3. The summed E-state index contributed by atoms with van der Waals surface area (Å²) in [6.07, 6.45) is 0.915. The number of fused-ring (bicyclic) bond motifs is 1. The molecular weight excluding hydrogens is 284 g/mol. The molecule has 0 saturated carbocycles. The molecule has 118 valence electrons. The number of para-hydroxylation sites is 1. The molecule has 0 bridgehead atoms. The van der Waals surface area contributed by atoms with Crippen molar-refractivity contribution in [3.8, 4) is 5.75 Å². The van der Waals surface area contributed by atoms with Gasteiger partial charge in [-0.2, -0.15) is 0 Å². The number of pyridine rings is 1. The first-order valence-corrected chi connectivity index (χ1v) is 8.01. The summed E-state index contributed by atoms with van der Waals surface area (Å²) in [7, 11) is 0. The molecular formula is C20H22N2O. The van der Waals surface area contributed by atoms with Gasteiger partial charge in [0.2, 0.25) is 0 Å². The van der Waals surface area contributed by atoms with E-state index in [1.807, 2.05) is 30.3 Å². The number of hydrogen-bond donors (Lipinski definition) is 2. The molecule has 0 amide bonds. The van der Waals surface area contributed by atoms with Gasteiger partial charge in [0.1, 0.15) is 5.75 Å². The Morgan fingerprint density at radius 2 is 1.70 bits per heavy atom. The van der Waals surface area contributed by atoms with Gasteiger partial charge < -0.3 is 10.4 Å². The van der Waals surface area contributed by atoms with Crippen LogP contribution in [0.4, 0.5) is 0 Å². The molecule has 2 atom stereocenters. The molecule has 2 aromatic carbocycles. The van der Waals surface area contributed by atoms with E-state index in [4.69, 9.17) is 4.98 Å². The van der Waals surface area contributed by atoms with E-state index < -0.39 is 0 Å². The Morgan fingerprint density at radius 1 is 0.957 bits per heavy atom. The van der Waals surface area contributed by atoms with Crippen LogP contribution in [0.15, 0.2) is 60.7 Å². The van der Waals surface area contributed by atoms with Crippen LogP contribution in [0, 0.1) is 0 Å². The van der Waals surface area contributed by atoms with Crippen LogP contribution >= 0.6 is 0 Å². The van der Waals surface area contributed by atoms with E-state index in [0.29, 0.717) is 11.8 Å². The number of phenolic OH excluding ortho intramolecular Hbond substituents is 1. The van der Waals surface area contributed by atoms with E-state index in [0.717, 1.165) is 17.6 Å². The molecule has 0 spiro atoms. The summed E-state index contributed by atoms with van der Waals surface area (Å²) in [6.45, 7) is 4.31. The number of nitrogens with one attached hydrogen (secondary N) is 1. The van der Waals surface area contributed by atoms with Crippen molar-refractivity contribution in [2.75, 3.05) is 0 Å². The maximum absolute atomic E-state index is 9.35. The molecule has 0 radical (unpaired) electrons. The fraction of sp³-hybridized carbons (Fsp3) is 0.250. The molecule has 0 fully saturated rings. The molecule has 2 N–H and O–H groups in total. The lowest BCUT2D eigenvalue weighted by molar-refractivity contribution is 0.467. The Bertz CT molecular complexity index is 783. The molecule has 0 aliphatic rings. The molecule has 0 unspecified atom stereocenters. The first-order chi connectivity index (χ1) is 11.1. The van der Waals surface area contributed by atoms with Crippen LogP contribution in [0.3, 0.4) is 0 Å². The predicted molar refractivity (Wildman–Crippen MR) is 94.6 cm³/mol. The summed E-state index contributed by atoms with van der Waals surface area (Å²) < 4.78 is 0. The van der Waals surface area contributed by atoms with Crippen LogP contribution < -0.4 is 5.32 Å². The number of rotatable bonds is 5. The van der Waals surface area contributed by atoms with Gasteiger partial charge >= 0.3 is 0 Å². The van der Waals surface area contributed by atoms with Crippen molar-refractivity contribution in [3.63, 3.8) is 0 Å². The highest BCUT2D eigenvalue weighted by atomic mass is 16.3. The molecule has 1 aromatic heterocycles. The van der Waals surface area contributed by atoms with Crippen molar-refractivity contribution in [3.05, 3.63) is 71.9 Å². The SMILES string of the molecule is C[C@H](Cc1ccc(O)cc1)N[C@@H](C)c1ccc2ccccc2n1. The second kappa shape index (κ2) is 6.80. The Kier molecular flexibility index (Phi) is 4.58. The smallest absolute Gasteiger partial charge is 0.115 e. The number of benzene rings is 2. The lowest BCUT2D eigenvalue weighted by Gasteiger charge is -2.20. The van der Waals surface area contributed by atoms with Crippen LogP contribution in [-0.4, -0.2) is 16.1 Å². The fourth-order valence-electron chi connectivity index (χ4n) is 2.88. The Balaban J connectivity index is 1.67. The average molecular weight is 306 g/mol. The molecule has 3 aromatic rings. The van der Waals surface area contributed by atoms with Gasteiger partial charge in [0.25, 0.3) is 0 Å². The zero-order chi connectivity index (χ0) is 16.2. The van der Waals surface area contributed by atoms with Crippen LogP contribution in [0.5, 0.6) is 5.75 Å². The molecule has 0 aliphatic carbocycles. The molecule has 0 aliphatic heterocycles. The average Bonchev–Trinajstić information content (AvgIpc) is 2.56. The minimum atomic E-state index is 0.187. The zero-order valence-corrected chi connectivity index (χ0v) is 13.5. The standard InChI is InChI=1S/C20H22N2O/c1-14(13-16-7-10-18(23)11-8-16)21-15(2)19-12-9-17-5-3-4-6-20(17)22-19/h3-12,14-15,21,23H,13H2,1-2H3/t14-,15+/m1/s1. The Labute approximate surface area is 137 Å². The van der Waals surface area contributed by atoms with Gasteiger partial charge in [0, 0.05) is 17.5 Å². The molecule has 23 heavy (non-hydrogen) atoms. The van der Waals surface area contributed by atoms with Gasteiger partial charge in [-0.1, -0.05) is 36.4 Å². The summed E-state index contributed by atoms with van der Waals surface area (Å²) in [4.78, 5) is 4.75. The monoisotopic (exact) mass is 306 g/mol. The van der Waals surface area contributed by atoms with Gasteiger partial charge in [0.15, 0.2) is 0 Å². The third-order valence-corrected chi connectivity index (χ3v) is 4.08. The minimum absolute atomic E-state index is 0.187. The third-order valence-electron chi connectivity index (χ3n) is 4.08. The molecule has 0 saturated heterocycles. The van der Waals surface area contributed by atoms with E-state index >= 15 is 0 Å². The van der Waals surface area contributed by atoms with E-state index in [-0.39, 0.29) is 6.04 Å². The van der Waals surface area contributed by atoms with E-state index in [9.17, 15) is 5.11 Å². The van der Waals surface area contributed by atoms with Crippen molar-refractivity contribution in [1.82, 2.24) is 10.3 Å². The maximum atomic E-state index is 9.35. The lowest BCUT2D eigenvalue weighted by atomic mass is 10.1. The Hall–Kier alpha value is -2.39. The van der Waals surface area contributed by atoms with E-state index in [1.165, 1.54) is 10.9 Å². The van der Waals surface area contributed by atoms with E-state index in [1.54, 1.807) is 12.1 Å². The highest BCUT2D eigenvalue weighted by molar-refractivity contribution is 5.78. The van der Waals surface area contributed by atoms with Crippen LogP contribution in [0.25, 0.3) is 10.9 Å². The topological polar surface area (TPSA) is 45.1 Å². The summed E-state index contributed by atoms with van der Waals surface area (Å²) in [5.41, 5.74) is 3.30. The number of nitrogens with zero attached hydrogens (tertiary/aromatic N) is 1. The van der Waals surface area contributed by atoms with Gasteiger partial charge in [-0.3, -0.25) is 4.98 Å². The summed E-state index contributed by atoms with van der Waals surface area (Å²) in [6, 6.07) is 20.3. The lowest BCUT2D eigenvalue weighted by Crippen LogP contribution is -2.31. The van der Waals surface area contributed by atoms with Gasteiger partial charge in [-0.25, -0.2) is 0 Å². The van der Waals surface area contributed by atoms with Crippen molar-refractivity contribution in [1.29, 1.82) is 0 Å². The minimum Gasteiger partial charge on any atom is -0.508 e. The summed E-state index contributed by atoms with van der Waals surface area (Å²) in [5, 5.41) is 14.1. The highest BCUT2D eigenvalue weighted by Gasteiger charge is 2.11. The molecule has 3 heteroatoms. The van der Waals surface area contributed by atoms with Gasteiger partial charge in [-0.05, 0) is 50.1 Å². The normalized spacial score (nSPS) is 13.8. The zero-order valence-electron chi connectivity index (χ0n) is 13.5. The predicted octanol–water partition coefficient (Wildman–Crippen LogP) is 4.22. The van der Waals surface area contributed by atoms with Crippen molar-refractivity contribution >= 4 is 10.9 Å². The fourth-order valence-corrected chi connectivity index (χ4v) is 2.88. The Morgan fingerprint density at radius 3 is 2.48 bits per heavy atom. The van der Waals surface area contributed by atoms with Gasteiger partial charge in [0.05, 0.1) is 11.2 Å². The first kappa shape index (κ1) is 15.5. The largest absolute Gasteiger partial charge is 0.508 e. The number of aromatic nitrogens is 1. The molecule has 1 heterocycles. The van der Waals surface area contributed by atoms with Crippen molar-refractivity contribution < 1.29 is 5.11 Å². The first-order valence-electron chi connectivity index (χ1n) is 8.01.